The Hall–Kier alpha value is -1.29. The fraction of sp³-hybridized carbons (Fsp3) is 0.800. The van der Waals surface area contributed by atoms with Gasteiger partial charge in [-0.1, -0.05) is 0 Å². The van der Waals surface area contributed by atoms with Crippen LogP contribution in [0, 0.1) is 11.3 Å². The van der Waals surface area contributed by atoms with Crippen molar-refractivity contribution in [1.29, 1.82) is 5.26 Å². The van der Waals surface area contributed by atoms with Crippen LogP contribution >= 0.6 is 0 Å². The van der Waals surface area contributed by atoms with Crippen LogP contribution < -0.4 is 5.73 Å². The number of amides is 1. The molecule has 17 heavy (non-hydrogen) atoms. The molecule has 0 radical (unpaired) electrons. The fourth-order valence-corrected chi connectivity index (χ4v) is 1.18. The van der Waals surface area contributed by atoms with Gasteiger partial charge < -0.3 is 10.6 Å². The highest BCUT2D eigenvalue weighted by Gasteiger charge is 2.55. The normalized spacial score (nSPS) is 15.2. The maximum absolute atomic E-state index is 12.6. The Balaban J connectivity index is 5.04. The molecule has 0 spiro atoms. The van der Waals surface area contributed by atoms with E-state index in [-0.39, 0.29) is 13.0 Å². The number of carbonyl (C=O) groups excluding carboxylic acids is 1. The second-order valence-corrected chi connectivity index (χ2v) is 4.20. The number of nitriles is 1. The number of nitrogens with two attached hydrogens (primary N) is 1. The molecular weight excluding hydrogens is 235 g/mol. The SMILES string of the molecule is CC(C)N(CCC#N)C(=O)C(C)(N)C(F)(F)F. The first-order chi connectivity index (χ1) is 7.55. The van der Waals surface area contributed by atoms with Crippen molar-refractivity contribution in [3.8, 4) is 6.07 Å². The highest BCUT2D eigenvalue weighted by atomic mass is 19.4. The Morgan fingerprint density at radius 1 is 1.47 bits per heavy atom. The first-order valence-corrected chi connectivity index (χ1v) is 5.09. The lowest BCUT2D eigenvalue weighted by Crippen LogP contribution is -2.63. The lowest BCUT2D eigenvalue weighted by atomic mass is 10.00. The van der Waals surface area contributed by atoms with Gasteiger partial charge in [-0.2, -0.15) is 18.4 Å². The second-order valence-electron chi connectivity index (χ2n) is 4.20. The molecule has 1 unspecified atom stereocenters. The van der Waals surface area contributed by atoms with E-state index in [1.807, 2.05) is 0 Å². The third kappa shape index (κ3) is 3.60. The lowest BCUT2D eigenvalue weighted by Gasteiger charge is -2.35. The summed E-state index contributed by atoms with van der Waals surface area (Å²) in [4.78, 5) is 12.7. The maximum atomic E-state index is 12.6. The van der Waals surface area contributed by atoms with Gasteiger partial charge in [-0.3, -0.25) is 4.79 Å². The molecule has 0 aromatic heterocycles. The number of alkyl halides is 3. The molecule has 1 atom stereocenters. The van der Waals surface area contributed by atoms with Crippen molar-refractivity contribution in [3.05, 3.63) is 0 Å². The minimum atomic E-state index is -4.82. The zero-order chi connectivity index (χ0) is 13.9. The van der Waals surface area contributed by atoms with E-state index in [0.717, 1.165) is 4.90 Å². The average molecular weight is 251 g/mol. The van der Waals surface area contributed by atoms with Crippen LogP contribution in [-0.2, 0) is 4.79 Å². The summed E-state index contributed by atoms with van der Waals surface area (Å²) in [5, 5.41) is 8.40. The smallest absolute Gasteiger partial charge is 0.337 e. The van der Waals surface area contributed by atoms with E-state index in [2.05, 4.69) is 0 Å². The summed E-state index contributed by atoms with van der Waals surface area (Å²) in [7, 11) is 0. The molecule has 0 fully saturated rings. The lowest BCUT2D eigenvalue weighted by molar-refractivity contribution is -0.194. The molecule has 0 aromatic carbocycles. The van der Waals surface area contributed by atoms with Gasteiger partial charge in [-0.05, 0) is 20.8 Å². The molecule has 0 aliphatic carbocycles. The van der Waals surface area contributed by atoms with E-state index in [0.29, 0.717) is 6.92 Å². The average Bonchev–Trinajstić information content (AvgIpc) is 2.15. The molecule has 0 heterocycles. The van der Waals surface area contributed by atoms with Crippen LogP contribution in [0.25, 0.3) is 0 Å². The number of halogens is 3. The van der Waals surface area contributed by atoms with E-state index in [1.54, 1.807) is 19.9 Å². The van der Waals surface area contributed by atoms with Crippen molar-refractivity contribution in [2.24, 2.45) is 5.73 Å². The summed E-state index contributed by atoms with van der Waals surface area (Å²) in [6, 6.07) is 1.34. The predicted molar refractivity (Wildman–Crippen MR) is 55.7 cm³/mol. The standard InChI is InChI=1S/C10H16F3N3O/c1-7(2)16(6-4-5-14)8(17)9(3,15)10(11,12)13/h7H,4,6,15H2,1-3H3. The fourth-order valence-electron chi connectivity index (χ4n) is 1.18. The van der Waals surface area contributed by atoms with Gasteiger partial charge in [0.25, 0.3) is 5.91 Å². The summed E-state index contributed by atoms with van der Waals surface area (Å²) in [5.74, 6) is -1.21. The molecule has 0 aromatic rings. The molecule has 0 saturated heterocycles. The summed E-state index contributed by atoms with van der Waals surface area (Å²) in [5.41, 5.74) is 2.12. The first kappa shape index (κ1) is 15.7. The van der Waals surface area contributed by atoms with E-state index >= 15 is 0 Å². The zero-order valence-corrected chi connectivity index (χ0v) is 10.0. The number of nitrogens with zero attached hydrogens (tertiary/aromatic N) is 2. The molecule has 0 bridgehead atoms. The Morgan fingerprint density at radius 2 is 1.94 bits per heavy atom. The van der Waals surface area contributed by atoms with Gasteiger partial charge in [0.2, 0.25) is 0 Å². The van der Waals surface area contributed by atoms with Crippen molar-refractivity contribution in [2.45, 2.75) is 44.9 Å². The summed E-state index contributed by atoms with van der Waals surface area (Å²) >= 11 is 0. The van der Waals surface area contributed by atoms with E-state index in [1.165, 1.54) is 0 Å². The Labute approximate surface area is 98.2 Å². The van der Waals surface area contributed by atoms with Crippen LogP contribution in [0.15, 0.2) is 0 Å². The van der Waals surface area contributed by atoms with Crippen LogP contribution in [0.3, 0.4) is 0 Å². The van der Waals surface area contributed by atoms with Crippen LogP contribution in [0.4, 0.5) is 13.2 Å². The summed E-state index contributed by atoms with van der Waals surface area (Å²) in [6.07, 6.45) is -4.85. The molecule has 1 amide bonds. The zero-order valence-electron chi connectivity index (χ0n) is 10.0. The number of hydrogen-bond donors (Lipinski definition) is 1. The van der Waals surface area contributed by atoms with Crippen LogP contribution in [0.1, 0.15) is 27.2 Å². The Morgan fingerprint density at radius 3 is 2.24 bits per heavy atom. The van der Waals surface area contributed by atoms with E-state index in [4.69, 9.17) is 11.0 Å². The second kappa shape index (κ2) is 5.36. The predicted octanol–water partition coefficient (Wildman–Crippen LogP) is 1.42. The number of rotatable bonds is 4. The quantitative estimate of drug-likeness (QED) is 0.821. The van der Waals surface area contributed by atoms with Gasteiger partial charge in [0, 0.05) is 12.6 Å². The third-order valence-corrected chi connectivity index (χ3v) is 2.38. The molecule has 4 nitrogen and oxygen atoms in total. The third-order valence-electron chi connectivity index (χ3n) is 2.38. The summed E-state index contributed by atoms with van der Waals surface area (Å²) < 4.78 is 37.8. The van der Waals surface area contributed by atoms with Gasteiger partial charge in [0.15, 0.2) is 5.54 Å². The maximum Gasteiger partial charge on any atom is 0.415 e. The minimum absolute atomic E-state index is 0.0299. The van der Waals surface area contributed by atoms with Crippen molar-refractivity contribution in [2.75, 3.05) is 6.54 Å². The number of hydrogen-bond acceptors (Lipinski definition) is 3. The molecule has 0 aliphatic heterocycles. The molecule has 0 rings (SSSR count). The van der Waals surface area contributed by atoms with E-state index < -0.39 is 23.7 Å². The molecule has 98 valence electrons. The van der Waals surface area contributed by atoms with Gasteiger partial charge >= 0.3 is 6.18 Å². The first-order valence-electron chi connectivity index (χ1n) is 5.09. The molecule has 0 saturated carbocycles. The van der Waals surface area contributed by atoms with E-state index in [9.17, 15) is 18.0 Å². The van der Waals surface area contributed by atoms with Crippen molar-refractivity contribution >= 4 is 5.91 Å². The van der Waals surface area contributed by atoms with Gasteiger partial charge in [-0.15, -0.1) is 0 Å². The Bertz CT molecular complexity index is 318. The van der Waals surface area contributed by atoms with Crippen molar-refractivity contribution in [1.82, 2.24) is 4.90 Å². The molecular formula is C10H16F3N3O. The molecule has 2 N–H and O–H groups in total. The van der Waals surface area contributed by atoms with Gasteiger partial charge in [-0.25, -0.2) is 0 Å². The molecule has 0 aliphatic rings. The van der Waals surface area contributed by atoms with Crippen molar-refractivity contribution in [3.63, 3.8) is 0 Å². The van der Waals surface area contributed by atoms with Crippen LogP contribution in [-0.4, -0.2) is 35.1 Å². The molecule has 7 heteroatoms. The minimum Gasteiger partial charge on any atom is -0.337 e. The van der Waals surface area contributed by atoms with Gasteiger partial charge in [0.05, 0.1) is 12.5 Å². The number of carbonyl (C=O) groups is 1. The highest BCUT2D eigenvalue weighted by molar-refractivity contribution is 5.87. The monoisotopic (exact) mass is 251 g/mol. The topological polar surface area (TPSA) is 70.1 Å². The van der Waals surface area contributed by atoms with Crippen LogP contribution in [0.2, 0.25) is 0 Å². The van der Waals surface area contributed by atoms with Crippen molar-refractivity contribution < 1.29 is 18.0 Å². The van der Waals surface area contributed by atoms with Gasteiger partial charge in [0.1, 0.15) is 0 Å². The highest BCUT2D eigenvalue weighted by Crippen LogP contribution is 2.30. The Kier molecular flexibility index (Phi) is 4.95. The summed E-state index contributed by atoms with van der Waals surface area (Å²) in [6.45, 7) is 3.72. The largest absolute Gasteiger partial charge is 0.415 e. The van der Waals surface area contributed by atoms with Crippen LogP contribution in [0.5, 0.6) is 0 Å².